The summed E-state index contributed by atoms with van der Waals surface area (Å²) in [7, 11) is 0. The Balaban J connectivity index is 2.42. The van der Waals surface area contributed by atoms with Crippen LogP contribution in [0.1, 0.15) is 0 Å². The molecule has 1 radical (unpaired) electrons. The molecule has 0 unspecified atom stereocenters. The summed E-state index contributed by atoms with van der Waals surface area (Å²) in [6, 6.07) is 0. The van der Waals surface area contributed by atoms with Crippen LogP contribution in [0.4, 0.5) is 0 Å². The van der Waals surface area contributed by atoms with Gasteiger partial charge in [-0.05, 0) is 6.08 Å². The van der Waals surface area contributed by atoms with Gasteiger partial charge in [0.05, 0.1) is 0 Å². The van der Waals surface area contributed by atoms with Gasteiger partial charge in [-0.25, -0.2) is 0 Å². The lowest BCUT2D eigenvalue weighted by Gasteiger charge is -2.20. The van der Waals surface area contributed by atoms with Gasteiger partial charge in [0.25, 0.3) is 0 Å². The first-order chi connectivity index (χ1) is 3.79. The van der Waals surface area contributed by atoms with E-state index in [1.807, 2.05) is 0 Å². The summed E-state index contributed by atoms with van der Waals surface area (Å²) in [5, 5.41) is 0. The maximum atomic E-state index is 5.37. The normalized spacial score (nSPS) is 23.2. The number of hydrogen-bond acceptors (Lipinski definition) is 4. The van der Waals surface area contributed by atoms with Crippen molar-refractivity contribution in [2.75, 3.05) is 0 Å². The van der Waals surface area contributed by atoms with Crippen molar-refractivity contribution in [1.29, 1.82) is 0 Å². The van der Waals surface area contributed by atoms with Crippen molar-refractivity contribution in [3.05, 3.63) is 18.4 Å². The Bertz CT molecular complexity index is 103. The number of hydrogen-bond donors (Lipinski definition) is 3. The van der Waals surface area contributed by atoms with Crippen LogP contribution < -0.4 is 16.6 Å². The van der Waals surface area contributed by atoms with E-state index in [4.69, 9.17) is 17.5 Å². The second-order valence-electron chi connectivity index (χ2n) is 1.31. The lowest BCUT2D eigenvalue weighted by molar-refractivity contribution is 0.285. The summed E-state index contributed by atoms with van der Waals surface area (Å²) in [6.07, 6.45) is 3.80. The number of nitrogens with two attached hydrogens (primary N) is 1. The van der Waals surface area contributed by atoms with Crippen molar-refractivity contribution in [1.82, 2.24) is 15.5 Å². The maximum absolute atomic E-state index is 5.37. The molecule has 0 aromatic carbocycles. The lowest BCUT2D eigenvalue weighted by atomic mass is 10.5. The summed E-state index contributed by atoms with van der Waals surface area (Å²) in [5.41, 5.74) is 10.5. The molecule has 0 aromatic heterocycles. The molecular formula is C3H6ClN4. The van der Waals surface area contributed by atoms with Gasteiger partial charge < -0.3 is 5.73 Å². The van der Waals surface area contributed by atoms with Gasteiger partial charge in [0.15, 0.2) is 0 Å². The standard InChI is InChI=1S/C3H6ClN4/c4-8-6-2-1-3(5)7-8/h1-2,6-7H,5H2. The quantitative estimate of drug-likeness (QED) is 0.388. The van der Waals surface area contributed by atoms with Crippen LogP contribution in [-0.4, -0.2) is 4.64 Å². The van der Waals surface area contributed by atoms with Crippen LogP contribution in [0.25, 0.3) is 0 Å². The van der Waals surface area contributed by atoms with E-state index in [0.717, 1.165) is 4.64 Å². The van der Waals surface area contributed by atoms with Crippen LogP contribution in [0.2, 0.25) is 0 Å². The molecule has 1 aliphatic rings. The third-order valence-electron chi connectivity index (χ3n) is 0.678. The fourth-order valence-corrected chi connectivity index (χ4v) is 0.529. The minimum absolute atomic E-state index is 0.513. The minimum Gasteiger partial charge on any atom is -0.306 e. The summed E-state index contributed by atoms with van der Waals surface area (Å²) in [5.74, 6) is 0. The van der Waals surface area contributed by atoms with Gasteiger partial charge >= 0.3 is 0 Å². The highest BCUT2D eigenvalue weighted by Crippen LogP contribution is 1.95. The lowest BCUT2D eigenvalue weighted by Crippen LogP contribution is -2.46. The molecule has 0 bridgehead atoms. The molecule has 4 N–H and O–H groups in total. The third kappa shape index (κ3) is 1.34. The Morgan fingerprint density at radius 3 is 2.88 bits per heavy atom. The monoisotopic (exact) mass is 133 g/mol. The molecule has 0 aromatic rings. The van der Waals surface area contributed by atoms with E-state index in [9.17, 15) is 0 Å². The van der Waals surface area contributed by atoms with Crippen molar-refractivity contribution in [2.24, 2.45) is 5.73 Å². The van der Waals surface area contributed by atoms with Crippen LogP contribution in [-0.2, 0) is 0 Å². The predicted molar refractivity (Wildman–Crippen MR) is 30.5 cm³/mol. The third-order valence-corrected chi connectivity index (χ3v) is 0.860. The van der Waals surface area contributed by atoms with E-state index < -0.39 is 0 Å². The molecule has 0 saturated carbocycles. The second-order valence-corrected chi connectivity index (χ2v) is 1.65. The summed E-state index contributed by atoms with van der Waals surface area (Å²) < 4.78 is 1.13. The first-order valence-electron chi connectivity index (χ1n) is 2.07. The molecule has 4 nitrogen and oxygen atoms in total. The number of nitrogens with one attached hydrogen (secondary N) is 2. The van der Waals surface area contributed by atoms with E-state index in [1.54, 1.807) is 12.3 Å². The molecule has 0 spiro atoms. The van der Waals surface area contributed by atoms with Crippen LogP contribution >= 0.6 is 11.8 Å². The minimum atomic E-state index is 0.513. The smallest absolute Gasteiger partial charge is 0.140 e. The van der Waals surface area contributed by atoms with Gasteiger partial charge in [0.2, 0.25) is 0 Å². The molecule has 0 saturated heterocycles. The molecule has 45 valence electrons. The van der Waals surface area contributed by atoms with Gasteiger partial charge in [-0.3, -0.25) is 5.43 Å². The number of rotatable bonds is 0. The van der Waals surface area contributed by atoms with Crippen molar-refractivity contribution in [2.45, 2.75) is 0 Å². The first-order valence-corrected chi connectivity index (χ1v) is 2.40. The fraction of sp³-hybridized carbons (Fsp3) is 0. The molecule has 8 heavy (non-hydrogen) atoms. The second kappa shape index (κ2) is 2.32. The average Bonchev–Trinajstić information content (AvgIpc) is 1.64. The molecule has 5 heteroatoms. The largest absolute Gasteiger partial charge is 0.306 e. The van der Waals surface area contributed by atoms with E-state index >= 15 is 0 Å². The Hall–Kier alpha value is -0.290. The Labute approximate surface area is 52.3 Å². The highest BCUT2D eigenvalue weighted by molar-refractivity contribution is 6.12. The van der Waals surface area contributed by atoms with Gasteiger partial charge in [-0.15, -0.1) is 0 Å². The van der Waals surface area contributed by atoms with Gasteiger partial charge in [0.1, 0.15) is 6.17 Å². The molecule has 0 aliphatic carbocycles. The summed E-state index contributed by atoms with van der Waals surface area (Å²) in [4.78, 5) is 0. The summed E-state index contributed by atoms with van der Waals surface area (Å²) in [6.45, 7) is 0. The zero-order valence-electron chi connectivity index (χ0n) is 4.06. The number of halogens is 1. The zero-order chi connectivity index (χ0) is 5.98. The average molecular weight is 134 g/mol. The molecule has 0 atom stereocenters. The zero-order valence-corrected chi connectivity index (χ0v) is 4.81. The molecular weight excluding hydrogens is 128 g/mol. The van der Waals surface area contributed by atoms with E-state index in [-0.39, 0.29) is 0 Å². The van der Waals surface area contributed by atoms with Crippen molar-refractivity contribution in [3.8, 4) is 0 Å². The molecule has 1 aliphatic heterocycles. The van der Waals surface area contributed by atoms with Crippen LogP contribution in [0, 0.1) is 6.17 Å². The van der Waals surface area contributed by atoms with Crippen molar-refractivity contribution in [3.63, 3.8) is 0 Å². The van der Waals surface area contributed by atoms with E-state index in [2.05, 4.69) is 10.9 Å². The van der Waals surface area contributed by atoms with Crippen LogP contribution in [0.15, 0.2) is 12.3 Å². The van der Waals surface area contributed by atoms with Crippen molar-refractivity contribution < 1.29 is 0 Å². The first kappa shape index (κ1) is 5.84. The van der Waals surface area contributed by atoms with E-state index in [1.165, 1.54) is 0 Å². The fourth-order valence-electron chi connectivity index (χ4n) is 0.375. The Morgan fingerprint density at radius 2 is 2.50 bits per heavy atom. The Morgan fingerprint density at radius 1 is 1.75 bits per heavy atom. The molecule has 1 heterocycles. The topological polar surface area (TPSA) is 53.3 Å². The van der Waals surface area contributed by atoms with Crippen LogP contribution in [0.5, 0.6) is 0 Å². The van der Waals surface area contributed by atoms with Gasteiger partial charge in [-0.1, -0.05) is 4.64 Å². The van der Waals surface area contributed by atoms with Crippen molar-refractivity contribution >= 4 is 11.8 Å². The number of hydrazine groups is 2. The van der Waals surface area contributed by atoms with Gasteiger partial charge in [-0.2, -0.15) is 5.43 Å². The molecule has 0 fully saturated rings. The molecule has 0 amide bonds. The highest BCUT2D eigenvalue weighted by Gasteiger charge is 2.06. The van der Waals surface area contributed by atoms with Gasteiger partial charge in [0, 0.05) is 18.0 Å². The maximum Gasteiger partial charge on any atom is 0.140 e. The Kier molecular flexibility index (Phi) is 1.69. The van der Waals surface area contributed by atoms with E-state index in [0.29, 0.717) is 6.17 Å². The summed E-state index contributed by atoms with van der Waals surface area (Å²) >= 11 is 5.37. The highest BCUT2D eigenvalue weighted by atomic mass is 35.5. The molecule has 1 rings (SSSR count). The van der Waals surface area contributed by atoms with Crippen LogP contribution in [0.3, 0.4) is 0 Å². The SMILES string of the molecule is N[C]1C=CNN(Cl)N1. The predicted octanol–water partition coefficient (Wildman–Crippen LogP) is -0.573. The number of nitrogens with zero attached hydrogens (tertiary/aromatic N) is 1.